The quantitative estimate of drug-likeness (QED) is 0.240. The number of rotatable bonds is 9. The third kappa shape index (κ3) is 6.55. The molecule has 0 bridgehead atoms. The molecule has 8 nitrogen and oxygen atoms in total. The third-order valence-corrected chi connectivity index (χ3v) is 4.79. The Labute approximate surface area is 142 Å². The third-order valence-electron chi connectivity index (χ3n) is 3.08. The molecule has 0 aliphatic carbocycles. The molecule has 0 aliphatic heterocycles. The van der Waals surface area contributed by atoms with Crippen LogP contribution in [-0.4, -0.2) is 39.4 Å². The lowest BCUT2D eigenvalue weighted by atomic mass is 10.2. The Hall–Kier alpha value is -2.13. The van der Waals surface area contributed by atoms with Gasteiger partial charge in [0.25, 0.3) is 5.69 Å². The number of hydrogen-bond donors (Lipinski definition) is 1. The molecule has 0 atom stereocenters. The summed E-state index contributed by atoms with van der Waals surface area (Å²) in [6.07, 6.45) is 0. The average Bonchev–Trinajstić information content (AvgIpc) is 2.45. The van der Waals surface area contributed by atoms with Gasteiger partial charge in [0.05, 0.1) is 18.1 Å². The number of anilines is 1. The van der Waals surface area contributed by atoms with Crippen molar-refractivity contribution in [1.29, 1.82) is 0 Å². The van der Waals surface area contributed by atoms with E-state index in [1.54, 1.807) is 0 Å². The van der Waals surface area contributed by atoms with Crippen molar-refractivity contribution in [3.8, 4) is 11.5 Å². The fourth-order valence-electron chi connectivity index (χ4n) is 1.80. The zero-order valence-corrected chi connectivity index (χ0v) is 15.7. The Bertz CT molecular complexity index is 600. The van der Waals surface area contributed by atoms with Crippen LogP contribution in [-0.2, 0) is 9.53 Å². The second-order valence-corrected chi connectivity index (χ2v) is 12.1. The summed E-state index contributed by atoms with van der Waals surface area (Å²) in [4.78, 5) is 21.8. The summed E-state index contributed by atoms with van der Waals surface area (Å²) in [6, 6.07) is 3.57. The van der Waals surface area contributed by atoms with Gasteiger partial charge in [0.1, 0.15) is 5.69 Å². The number of nitro benzene ring substituents is 1. The molecular weight excluding hydrogens is 332 g/mol. The van der Waals surface area contributed by atoms with Crippen LogP contribution in [0.1, 0.15) is 6.92 Å². The minimum Gasteiger partial charge on any atom is -0.493 e. The minimum absolute atomic E-state index is 0.0303. The van der Waals surface area contributed by atoms with E-state index in [0.717, 1.165) is 6.04 Å². The van der Waals surface area contributed by atoms with Gasteiger partial charge in [-0.1, -0.05) is 19.6 Å². The molecule has 1 aromatic rings. The van der Waals surface area contributed by atoms with E-state index in [2.05, 4.69) is 25.0 Å². The van der Waals surface area contributed by atoms with Crippen molar-refractivity contribution in [2.75, 3.05) is 25.8 Å². The average molecular weight is 356 g/mol. The van der Waals surface area contributed by atoms with E-state index in [1.165, 1.54) is 26.2 Å². The molecule has 0 unspecified atom stereocenters. The second kappa shape index (κ2) is 8.64. The lowest BCUT2D eigenvalue weighted by Gasteiger charge is -2.16. The first-order valence-corrected chi connectivity index (χ1v) is 11.2. The first kappa shape index (κ1) is 19.9. The van der Waals surface area contributed by atoms with Gasteiger partial charge in [-0.05, 0) is 6.04 Å². The summed E-state index contributed by atoms with van der Waals surface area (Å²) in [5, 5.41) is 13.6. The molecule has 9 heteroatoms. The molecule has 0 aliphatic rings. The van der Waals surface area contributed by atoms with Crippen molar-refractivity contribution >= 4 is 25.4 Å². The summed E-state index contributed by atoms with van der Waals surface area (Å²) in [5.41, 5.74) is -0.223. The highest BCUT2D eigenvalue weighted by Crippen LogP contribution is 2.37. The Morgan fingerprint density at radius 3 is 2.46 bits per heavy atom. The molecule has 24 heavy (non-hydrogen) atoms. The van der Waals surface area contributed by atoms with Gasteiger partial charge in [-0.3, -0.25) is 14.9 Å². The van der Waals surface area contributed by atoms with Crippen LogP contribution < -0.4 is 14.8 Å². The normalized spacial score (nSPS) is 11.0. The summed E-state index contributed by atoms with van der Waals surface area (Å²) in [7, 11) is 0.228. The van der Waals surface area contributed by atoms with Crippen molar-refractivity contribution in [3.63, 3.8) is 0 Å². The summed E-state index contributed by atoms with van der Waals surface area (Å²) in [6.45, 7) is 8.54. The highest BCUT2D eigenvalue weighted by molar-refractivity contribution is 6.76. The number of ether oxygens (including phenoxy) is 3. The van der Waals surface area contributed by atoms with E-state index >= 15 is 0 Å². The number of nitrogens with zero attached hydrogens (tertiary/aromatic N) is 1. The number of nitrogens with one attached hydrogen (secondary N) is 1. The van der Waals surface area contributed by atoms with Gasteiger partial charge < -0.3 is 19.5 Å². The maximum absolute atomic E-state index is 11.2. The molecule has 1 aromatic carbocycles. The number of amides is 1. The monoisotopic (exact) mass is 356 g/mol. The predicted molar refractivity (Wildman–Crippen MR) is 93.6 cm³/mol. The molecule has 0 aromatic heterocycles. The number of hydrogen-bond acceptors (Lipinski definition) is 6. The molecule has 0 spiro atoms. The van der Waals surface area contributed by atoms with Gasteiger partial charge in [0.15, 0.2) is 18.3 Å². The number of carbonyl (C=O) groups excluding carboxylic acids is 1. The summed E-state index contributed by atoms with van der Waals surface area (Å²) in [5.74, 6) is 0.0490. The molecule has 0 saturated carbocycles. The van der Waals surface area contributed by atoms with Crippen molar-refractivity contribution < 1.29 is 23.9 Å². The van der Waals surface area contributed by atoms with Gasteiger partial charge in [0, 0.05) is 27.7 Å². The van der Waals surface area contributed by atoms with E-state index in [1.807, 2.05) is 0 Å². The summed E-state index contributed by atoms with van der Waals surface area (Å²) >= 11 is 0. The summed E-state index contributed by atoms with van der Waals surface area (Å²) < 4.78 is 16.0. The van der Waals surface area contributed by atoms with Crippen LogP contribution in [0.15, 0.2) is 12.1 Å². The van der Waals surface area contributed by atoms with Gasteiger partial charge >= 0.3 is 0 Å². The molecule has 1 N–H and O–H groups in total. The van der Waals surface area contributed by atoms with Crippen LogP contribution in [0.5, 0.6) is 11.5 Å². The SMILES string of the molecule is COc1cc(NC(C)=O)c([N+](=O)[O-])cc1OCOCC[Si](C)(C)C. The molecule has 0 fully saturated rings. The number of carbonyl (C=O) groups is 1. The van der Waals surface area contributed by atoms with Crippen molar-refractivity contribution in [2.45, 2.75) is 32.6 Å². The maximum Gasteiger partial charge on any atom is 0.296 e. The van der Waals surface area contributed by atoms with E-state index in [9.17, 15) is 14.9 Å². The van der Waals surface area contributed by atoms with E-state index in [4.69, 9.17) is 14.2 Å². The second-order valence-electron chi connectivity index (χ2n) is 6.44. The molecule has 0 radical (unpaired) electrons. The fourth-order valence-corrected chi connectivity index (χ4v) is 2.56. The van der Waals surface area contributed by atoms with Crippen molar-refractivity contribution in [1.82, 2.24) is 0 Å². The zero-order chi connectivity index (χ0) is 18.3. The van der Waals surface area contributed by atoms with Crippen molar-refractivity contribution in [2.24, 2.45) is 0 Å². The Kier molecular flexibility index (Phi) is 7.17. The highest BCUT2D eigenvalue weighted by Gasteiger charge is 2.21. The van der Waals surface area contributed by atoms with E-state index in [0.29, 0.717) is 6.61 Å². The molecular formula is C15H24N2O6Si. The Morgan fingerprint density at radius 2 is 1.96 bits per heavy atom. The molecule has 1 amide bonds. The van der Waals surface area contributed by atoms with Gasteiger partial charge in [-0.2, -0.15) is 0 Å². The fraction of sp³-hybridized carbons (Fsp3) is 0.533. The Morgan fingerprint density at radius 1 is 1.29 bits per heavy atom. The number of nitro groups is 1. The van der Waals surface area contributed by atoms with E-state index < -0.39 is 18.9 Å². The molecule has 134 valence electrons. The van der Waals surface area contributed by atoms with Crippen LogP contribution in [0.3, 0.4) is 0 Å². The standard InChI is InChI=1S/C15H24N2O6Si/c1-11(18)16-12-8-14(21-2)15(9-13(12)17(19)20)23-10-22-6-7-24(3,4)5/h8-9H,6-7,10H2,1-5H3,(H,16,18). The van der Waals surface area contributed by atoms with Crippen LogP contribution in [0.4, 0.5) is 11.4 Å². The van der Waals surface area contributed by atoms with Crippen LogP contribution >= 0.6 is 0 Å². The Balaban J connectivity index is 2.84. The topological polar surface area (TPSA) is 99.9 Å². The predicted octanol–water partition coefficient (Wildman–Crippen LogP) is 3.25. The first-order valence-electron chi connectivity index (χ1n) is 7.48. The van der Waals surface area contributed by atoms with Gasteiger partial charge in [0.2, 0.25) is 5.91 Å². The van der Waals surface area contributed by atoms with Gasteiger partial charge in [-0.15, -0.1) is 0 Å². The number of methoxy groups -OCH3 is 1. The van der Waals surface area contributed by atoms with Crippen LogP contribution in [0.25, 0.3) is 0 Å². The smallest absolute Gasteiger partial charge is 0.296 e. The lowest BCUT2D eigenvalue weighted by Crippen LogP contribution is -2.22. The lowest BCUT2D eigenvalue weighted by molar-refractivity contribution is -0.384. The molecule has 1 rings (SSSR count). The minimum atomic E-state index is -1.19. The largest absolute Gasteiger partial charge is 0.493 e. The van der Waals surface area contributed by atoms with Crippen LogP contribution in [0, 0.1) is 10.1 Å². The highest BCUT2D eigenvalue weighted by atomic mass is 28.3. The van der Waals surface area contributed by atoms with Gasteiger partial charge in [-0.25, -0.2) is 0 Å². The molecule has 0 saturated heterocycles. The zero-order valence-electron chi connectivity index (χ0n) is 14.7. The first-order chi connectivity index (χ1) is 11.1. The number of benzene rings is 1. The molecule has 0 heterocycles. The van der Waals surface area contributed by atoms with E-state index in [-0.39, 0.29) is 29.7 Å². The van der Waals surface area contributed by atoms with Crippen LogP contribution in [0.2, 0.25) is 25.7 Å². The van der Waals surface area contributed by atoms with Crippen molar-refractivity contribution in [3.05, 3.63) is 22.2 Å². The maximum atomic E-state index is 11.2.